The van der Waals surface area contributed by atoms with Crippen LogP contribution in [0.1, 0.15) is 35.6 Å². The van der Waals surface area contributed by atoms with E-state index in [9.17, 15) is 9.59 Å². The van der Waals surface area contributed by atoms with Gasteiger partial charge >= 0.3 is 11.8 Å². The molecule has 0 saturated carbocycles. The van der Waals surface area contributed by atoms with E-state index in [1.807, 2.05) is 72.8 Å². The Morgan fingerprint density at radius 2 is 1.69 bits per heavy atom. The molecule has 0 bridgehead atoms. The van der Waals surface area contributed by atoms with Crippen LogP contribution in [-0.2, 0) is 0 Å². The van der Waals surface area contributed by atoms with Crippen LogP contribution in [0.3, 0.4) is 0 Å². The Morgan fingerprint density at radius 1 is 0.969 bits per heavy atom. The highest BCUT2D eigenvalue weighted by molar-refractivity contribution is 6.12. The zero-order valence-corrected chi connectivity index (χ0v) is 17.4. The van der Waals surface area contributed by atoms with Crippen LogP contribution in [0, 0.1) is 0 Å². The van der Waals surface area contributed by atoms with E-state index in [2.05, 4.69) is 10.3 Å². The van der Waals surface area contributed by atoms with Gasteiger partial charge in [-0.05, 0) is 35.7 Å². The summed E-state index contributed by atoms with van der Waals surface area (Å²) in [6.07, 6.45) is 0. The largest absolute Gasteiger partial charge is 0.453 e. The molecule has 4 aromatic rings. The van der Waals surface area contributed by atoms with Crippen LogP contribution in [0.25, 0.3) is 11.1 Å². The van der Waals surface area contributed by atoms with E-state index in [1.54, 1.807) is 13.0 Å². The number of nitrogens with zero attached hydrogens (tertiary/aromatic N) is 2. The molecule has 2 unspecified atom stereocenters. The first-order chi connectivity index (χ1) is 15.7. The summed E-state index contributed by atoms with van der Waals surface area (Å²) in [4.78, 5) is 34.6. The molecule has 2 amide bonds. The summed E-state index contributed by atoms with van der Waals surface area (Å²) in [5.74, 6) is -0.814. The van der Waals surface area contributed by atoms with Gasteiger partial charge < -0.3 is 14.6 Å². The SMILES string of the molecule is CCOn1c(=O)oc2ccc(C3NC(=O)N=C(c4ccccc4)C3c3ccccc3)cc21. The molecule has 1 aromatic heterocycles. The Morgan fingerprint density at radius 3 is 2.41 bits per heavy atom. The molecule has 32 heavy (non-hydrogen) atoms. The van der Waals surface area contributed by atoms with Crippen molar-refractivity contribution in [2.45, 2.75) is 18.9 Å². The minimum Gasteiger partial charge on any atom is -0.408 e. The van der Waals surface area contributed by atoms with Crippen molar-refractivity contribution in [3.63, 3.8) is 0 Å². The highest BCUT2D eigenvalue weighted by Gasteiger charge is 2.35. The van der Waals surface area contributed by atoms with Crippen LogP contribution in [0.2, 0.25) is 0 Å². The molecule has 1 aliphatic heterocycles. The smallest absolute Gasteiger partial charge is 0.408 e. The number of aromatic nitrogens is 1. The van der Waals surface area contributed by atoms with Gasteiger partial charge in [-0.3, -0.25) is 0 Å². The number of aliphatic imine (C=N–C) groups is 1. The summed E-state index contributed by atoms with van der Waals surface area (Å²) >= 11 is 0. The first kappa shape index (κ1) is 19.8. The lowest BCUT2D eigenvalue weighted by Gasteiger charge is -2.33. The molecule has 1 N–H and O–H groups in total. The molecule has 0 aliphatic carbocycles. The maximum absolute atomic E-state index is 12.6. The lowest BCUT2D eigenvalue weighted by molar-refractivity contribution is 0.113. The Hall–Kier alpha value is -4.13. The van der Waals surface area contributed by atoms with Crippen LogP contribution < -0.4 is 15.9 Å². The molecule has 7 heteroatoms. The summed E-state index contributed by atoms with van der Waals surface area (Å²) in [7, 11) is 0. The topological polar surface area (TPSA) is 85.8 Å². The van der Waals surface area contributed by atoms with Crippen LogP contribution >= 0.6 is 0 Å². The number of nitrogens with one attached hydrogen (secondary N) is 1. The Bertz CT molecular complexity index is 1360. The number of rotatable bonds is 5. The zero-order valence-electron chi connectivity index (χ0n) is 17.4. The van der Waals surface area contributed by atoms with Gasteiger partial charge in [0.1, 0.15) is 12.1 Å². The average molecular weight is 427 g/mol. The summed E-state index contributed by atoms with van der Waals surface area (Å²) in [5, 5.41) is 3.02. The van der Waals surface area contributed by atoms with Crippen molar-refractivity contribution in [1.82, 2.24) is 10.0 Å². The predicted molar refractivity (Wildman–Crippen MR) is 121 cm³/mol. The second-order valence-corrected chi connectivity index (χ2v) is 7.49. The number of urea groups is 1. The monoisotopic (exact) mass is 427 g/mol. The van der Waals surface area contributed by atoms with Gasteiger partial charge in [0, 0.05) is 0 Å². The van der Waals surface area contributed by atoms with Crippen molar-refractivity contribution in [2.75, 3.05) is 6.61 Å². The number of benzene rings is 3. The number of hydrogen-bond donors (Lipinski definition) is 1. The molecule has 7 nitrogen and oxygen atoms in total. The maximum Gasteiger partial charge on any atom is 0.453 e. The van der Waals surface area contributed by atoms with Gasteiger partial charge in [-0.25, -0.2) is 9.59 Å². The Balaban J connectivity index is 1.68. The quantitative estimate of drug-likeness (QED) is 0.520. The van der Waals surface area contributed by atoms with E-state index >= 15 is 0 Å². The fraction of sp³-hybridized carbons (Fsp3) is 0.160. The molecule has 0 saturated heterocycles. The van der Waals surface area contributed by atoms with Crippen LogP contribution in [-0.4, -0.2) is 23.1 Å². The summed E-state index contributed by atoms with van der Waals surface area (Å²) in [6, 6.07) is 24.3. The standard InChI is InChI=1S/C25H21N3O4/c1-2-31-28-19-15-18(13-14-20(19)32-25(28)30)23-21(16-9-5-3-6-10-16)22(26-24(29)27-23)17-11-7-4-8-12-17/h3-15,21,23H,2H2,1H3,(H,27,29). The van der Waals surface area contributed by atoms with Crippen LogP contribution in [0.4, 0.5) is 4.79 Å². The molecule has 1 aliphatic rings. The number of amides is 2. The molecular weight excluding hydrogens is 406 g/mol. The minimum absolute atomic E-state index is 0.229. The number of oxazole rings is 1. The fourth-order valence-electron chi connectivity index (χ4n) is 4.18. The molecule has 2 heterocycles. The number of hydrogen-bond acceptors (Lipinski definition) is 4. The summed E-state index contributed by atoms with van der Waals surface area (Å²) in [5.41, 5.74) is 4.35. The summed E-state index contributed by atoms with van der Waals surface area (Å²) in [6.45, 7) is 2.11. The van der Waals surface area contributed by atoms with Crippen molar-refractivity contribution in [2.24, 2.45) is 4.99 Å². The van der Waals surface area contributed by atoms with E-state index in [1.165, 1.54) is 0 Å². The van der Waals surface area contributed by atoms with E-state index in [-0.39, 0.29) is 5.92 Å². The first-order valence-electron chi connectivity index (χ1n) is 10.4. The van der Waals surface area contributed by atoms with Gasteiger partial charge in [0.15, 0.2) is 5.58 Å². The molecule has 0 spiro atoms. The average Bonchev–Trinajstić information content (AvgIpc) is 3.14. The van der Waals surface area contributed by atoms with E-state index in [4.69, 9.17) is 9.25 Å². The second kappa shape index (κ2) is 8.19. The number of carbonyl (C=O) groups excluding carboxylic acids is 1. The second-order valence-electron chi connectivity index (χ2n) is 7.49. The lowest BCUT2D eigenvalue weighted by Crippen LogP contribution is -2.40. The Kier molecular flexibility index (Phi) is 5.07. The fourth-order valence-corrected chi connectivity index (χ4v) is 4.18. The highest BCUT2D eigenvalue weighted by Crippen LogP contribution is 2.37. The predicted octanol–water partition coefficient (Wildman–Crippen LogP) is 4.08. The van der Waals surface area contributed by atoms with Crippen molar-refractivity contribution in [1.29, 1.82) is 0 Å². The van der Waals surface area contributed by atoms with Gasteiger partial charge in [0.25, 0.3) is 0 Å². The zero-order chi connectivity index (χ0) is 22.1. The van der Waals surface area contributed by atoms with E-state index in [0.29, 0.717) is 23.4 Å². The van der Waals surface area contributed by atoms with E-state index in [0.717, 1.165) is 21.4 Å². The van der Waals surface area contributed by atoms with Gasteiger partial charge in [-0.1, -0.05) is 66.7 Å². The van der Waals surface area contributed by atoms with Crippen LogP contribution in [0.15, 0.2) is 93.1 Å². The summed E-state index contributed by atoms with van der Waals surface area (Å²) < 4.78 is 6.43. The van der Waals surface area contributed by atoms with Crippen LogP contribution in [0.5, 0.6) is 0 Å². The molecule has 0 fully saturated rings. The van der Waals surface area contributed by atoms with Gasteiger partial charge in [-0.2, -0.15) is 4.99 Å². The number of carbonyl (C=O) groups is 1. The van der Waals surface area contributed by atoms with Crippen molar-refractivity contribution in [3.05, 3.63) is 106 Å². The third-order valence-electron chi connectivity index (χ3n) is 5.54. The number of fused-ring (bicyclic) bond motifs is 1. The Labute approximate surface area is 183 Å². The lowest BCUT2D eigenvalue weighted by atomic mass is 9.80. The molecule has 5 rings (SSSR count). The molecule has 3 aromatic carbocycles. The van der Waals surface area contributed by atoms with E-state index < -0.39 is 17.8 Å². The third-order valence-corrected chi connectivity index (χ3v) is 5.54. The third kappa shape index (κ3) is 3.47. The maximum atomic E-state index is 12.6. The molecule has 2 atom stereocenters. The highest BCUT2D eigenvalue weighted by atomic mass is 16.7. The van der Waals surface area contributed by atoms with Crippen molar-refractivity contribution >= 4 is 22.8 Å². The molecular formula is C25H21N3O4. The minimum atomic E-state index is -0.585. The molecule has 0 radical (unpaired) electrons. The first-order valence-corrected chi connectivity index (χ1v) is 10.4. The van der Waals surface area contributed by atoms with Gasteiger partial charge in [0.05, 0.1) is 17.7 Å². The van der Waals surface area contributed by atoms with Gasteiger partial charge in [0.2, 0.25) is 0 Å². The molecule has 160 valence electrons. The van der Waals surface area contributed by atoms with Crippen molar-refractivity contribution < 1.29 is 14.0 Å². The van der Waals surface area contributed by atoms with Crippen molar-refractivity contribution in [3.8, 4) is 0 Å². The van der Waals surface area contributed by atoms with Gasteiger partial charge in [-0.15, -0.1) is 4.73 Å². The normalized spacial score (nSPS) is 18.3.